The van der Waals surface area contributed by atoms with E-state index in [4.69, 9.17) is 4.74 Å². The predicted molar refractivity (Wildman–Crippen MR) is 85.4 cm³/mol. The highest BCUT2D eigenvalue weighted by Gasteiger charge is 2.14. The molecule has 0 fully saturated rings. The summed E-state index contributed by atoms with van der Waals surface area (Å²) in [6, 6.07) is 9.06. The van der Waals surface area contributed by atoms with Crippen molar-refractivity contribution in [2.75, 3.05) is 0 Å². The summed E-state index contributed by atoms with van der Waals surface area (Å²) in [5, 5.41) is 0. The number of benzene rings is 1. The van der Waals surface area contributed by atoms with Crippen molar-refractivity contribution in [3.8, 4) is 5.75 Å². The Morgan fingerprint density at radius 1 is 1.21 bits per heavy atom. The quantitative estimate of drug-likeness (QED) is 0.648. The Bertz CT molecular complexity index is 568. The molecule has 19 heavy (non-hydrogen) atoms. The van der Waals surface area contributed by atoms with Crippen molar-refractivity contribution in [3.05, 3.63) is 49.0 Å². The van der Waals surface area contributed by atoms with Gasteiger partial charge in [0.25, 0.3) is 0 Å². The summed E-state index contributed by atoms with van der Waals surface area (Å²) in [7, 11) is 0. The zero-order valence-corrected chi connectivity index (χ0v) is 14.4. The minimum atomic E-state index is 0.0208. The fraction of sp³-hybridized carbons (Fsp3) is 0.214. The molecule has 0 radical (unpaired) electrons. The Morgan fingerprint density at radius 2 is 1.84 bits per heavy atom. The van der Waals surface area contributed by atoms with Crippen molar-refractivity contribution >= 4 is 49.0 Å². The molecule has 2 aromatic rings. The monoisotopic (exact) mass is 402 g/mol. The van der Waals surface area contributed by atoms with Gasteiger partial charge >= 0.3 is 0 Å². The van der Waals surface area contributed by atoms with Crippen LogP contribution in [-0.2, 0) is 0 Å². The normalized spacial score (nSPS) is 10.8. The van der Waals surface area contributed by atoms with Gasteiger partial charge in [0.15, 0.2) is 0 Å². The predicted octanol–water partition coefficient (Wildman–Crippen LogP) is 5.29. The first-order valence-corrected chi connectivity index (χ1v) is 8.14. The third-order valence-corrected chi connectivity index (χ3v) is 5.61. The topological polar surface area (TPSA) is 26.3 Å². The maximum atomic E-state index is 12.3. The Labute approximate surface area is 133 Å². The van der Waals surface area contributed by atoms with Crippen LogP contribution in [-0.4, -0.2) is 11.9 Å². The first-order valence-electron chi connectivity index (χ1n) is 5.73. The van der Waals surface area contributed by atoms with Crippen molar-refractivity contribution in [2.24, 2.45) is 0 Å². The molecule has 1 aromatic carbocycles. The summed E-state index contributed by atoms with van der Waals surface area (Å²) in [5.41, 5.74) is 0.664. The number of carbonyl (C=O) groups excluding carboxylic acids is 1. The highest BCUT2D eigenvalue weighted by molar-refractivity contribution is 9.13. The van der Waals surface area contributed by atoms with Crippen LogP contribution < -0.4 is 4.74 Å². The second kappa shape index (κ2) is 6.20. The van der Waals surface area contributed by atoms with Crippen LogP contribution in [0.15, 0.2) is 38.6 Å². The number of hydrogen-bond acceptors (Lipinski definition) is 3. The summed E-state index contributed by atoms with van der Waals surface area (Å²) in [4.78, 5) is 13.0. The standard InChI is InChI=1S/C14H12Br2O2S/c1-8(2)18-10-5-3-9(4-6-10)13(17)12-7-11(15)14(16)19-12/h3-8H,1-2H3. The zero-order valence-electron chi connectivity index (χ0n) is 10.4. The molecule has 5 heteroatoms. The number of carbonyl (C=O) groups is 1. The summed E-state index contributed by atoms with van der Waals surface area (Å²) >= 11 is 8.20. The van der Waals surface area contributed by atoms with E-state index >= 15 is 0 Å². The lowest BCUT2D eigenvalue weighted by atomic mass is 10.1. The minimum Gasteiger partial charge on any atom is -0.491 e. The van der Waals surface area contributed by atoms with E-state index in [1.54, 1.807) is 12.1 Å². The van der Waals surface area contributed by atoms with Gasteiger partial charge in [0.2, 0.25) is 5.78 Å². The number of halogens is 2. The maximum absolute atomic E-state index is 12.3. The van der Waals surface area contributed by atoms with Gasteiger partial charge in [-0.1, -0.05) is 0 Å². The Balaban J connectivity index is 2.20. The molecule has 0 aliphatic heterocycles. The van der Waals surface area contributed by atoms with E-state index in [0.717, 1.165) is 14.0 Å². The maximum Gasteiger partial charge on any atom is 0.203 e. The number of thiophene rings is 1. The van der Waals surface area contributed by atoms with E-state index in [1.807, 2.05) is 32.0 Å². The highest BCUT2D eigenvalue weighted by atomic mass is 79.9. The average Bonchev–Trinajstić information content (AvgIpc) is 2.69. The van der Waals surface area contributed by atoms with Crippen LogP contribution in [0.5, 0.6) is 5.75 Å². The second-order valence-electron chi connectivity index (χ2n) is 4.25. The molecule has 0 saturated heterocycles. The van der Waals surface area contributed by atoms with E-state index in [-0.39, 0.29) is 11.9 Å². The molecule has 1 aromatic heterocycles. The molecule has 0 aliphatic carbocycles. The molecule has 0 saturated carbocycles. The summed E-state index contributed by atoms with van der Waals surface area (Å²) < 4.78 is 7.38. The Morgan fingerprint density at radius 3 is 2.32 bits per heavy atom. The molecular formula is C14H12Br2O2S. The van der Waals surface area contributed by atoms with Crippen molar-refractivity contribution in [1.29, 1.82) is 0 Å². The van der Waals surface area contributed by atoms with E-state index < -0.39 is 0 Å². The fourth-order valence-electron chi connectivity index (χ4n) is 1.56. The van der Waals surface area contributed by atoms with Crippen LogP contribution in [0.1, 0.15) is 29.1 Å². The molecular weight excluding hydrogens is 392 g/mol. The molecule has 100 valence electrons. The second-order valence-corrected chi connectivity index (χ2v) is 7.48. The highest BCUT2D eigenvalue weighted by Crippen LogP contribution is 2.33. The van der Waals surface area contributed by atoms with Gasteiger partial charge in [0.1, 0.15) is 5.75 Å². The average molecular weight is 404 g/mol. The van der Waals surface area contributed by atoms with Crippen LogP contribution in [0.3, 0.4) is 0 Å². The fourth-order valence-corrected chi connectivity index (χ4v) is 3.56. The van der Waals surface area contributed by atoms with Crippen LogP contribution in [0, 0.1) is 0 Å². The van der Waals surface area contributed by atoms with Gasteiger partial charge in [-0.15, -0.1) is 11.3 Å². The molecule has 0 bridgehead atoms. The minimum absolute atomic E-state index is 0.0208. The van der Waals surface area contributed by atoms with E-state index in [2.05, 4.69) is 31.9 Å². The van der Waals surface area contributed by atoms with Gasteiger partial charge < -0.3 is 4.74 Å². The molecule has 0 unspecified atom stereocenters. The summed E-state index contributed by atoms with van der Waals surface area (Å²) in [5.74, 6) is 0.799. The van der Waals surface area contributed by atoms with Gasteiger partial charge in [0.05, 0.1) is 14.8 Å². The van der Waals surface area contributed by atoms with Crippen molar-refractivity contribution in [2.45, 2.75) is 20.0 Å². The van der Waals surface area contributed by atoms with Crippen LogP contribution in [0.25, 0.3) is 0 Å². The summed E-state index contributed by atoms with van der Waals surface area (Å²) in [6.07, 6.45) is 0.130. The van der Waals surface area contributed by atoms with Crippen molar-refractivity contribution < 1.29 is 9.53 Å². The zero-order chi connectivity index (χ0) is 14.0. The van der Waals surface area contributed by atoms with Gasteiger partial charge in [-0.2, -0.15) is 0 Å². The number of ether oxygens (including phenoxy) is 1. The Kier molecular flexibility index (Phi) is 4.81. The van der Waals surface area contributed by atoms with Gasteiger partial charge in [-0.05, 0) is 76.0 Å². The lowest BCUT2D eigenvalue weighted by Gasteiger charge is -2.09. The third-order valence-electron chi connectivity index (χ3n) is 2.36. The number of rotatable bonds is 4. The Hall–Kier alpha value is -0.650. The molecule has 0 N–H and O–H groups in total. The van der Waals surface area contributed by atoms with E-state index in [9.17, 15) is 4.79 Å². The van der Waals surface area contributed by atoms with E-state index in [0.29, 0.717) is 10.4 Å². The van der Waals surface area contributed by atoms with Crippen LogP contribution >= 0.6 is 43.2 Å². The SMILES string of the molecule is CC(C)Oc1ccc(C(=O)c2cc(Br)c(Br)s2)cc1. The summed E-state index contributed by atoms with van der Waals surface area (Å²) in [6.45, 7) is 3.94. The van der Waals surface area contributed by atoms with Crippen LogP contribution in [0.4, 0.5) is 0 Å². The molecule has 0 atom stereocenters. The van der Waals surface area contributed by atoms with E-state index in [1.165, 1.54) is 11.3 Å². The molecule has 1 heterocycles. The number of hydrogen-bond donors (Lipinski definition) is 0. The molecule has 0 spiro atoms. The van der Waals surface area contributed by atoms with Crippen molar-refractivity contribution in [3.63, 3.8) is 0 Å². The smallest absolute Gasteiger partial charge is 0.203 e. The largest absolute Gasteiger partial charge is 0.491 e. The molecule has 2 nitrogen and oxygen atoms in total. The lowest BCUT2D eigenvalue weighted by Crippen LogP contribution is -2.06. The first kappa shape index (κ1) is 14.8. The first-order chi connectivity index (χ1) is 8.97. The molecule has 0 amide bonds. The van der Waals surface area contributed by atoms with Crippen LogP contribution in [0.2, 0.25) is 0 Å². The van der Waals surface area contributed by atoms with Gasteiger partial charge in [-0.3, -0.25) is 4.79 Å². The van der Waals surface area contributed by atoms with Gasteiger partial charge in [0, 0.05) is 10.0 Å². The third kappa shape index (κ3) is 3.68. The lowest BCUT2D eigenvalue weighted by molar-refractivity contribution is 0.104. The molecule has 0 aliphatic rings. The van der Waals surface area contributed by atoms with Crippen molar-refractivity contribution in [1.82, 2.24) is 0 Å². The van der Waals surface area contributed by atoms with Gasteiger partial charge in [-0.25, -0.2) is 0 Å². The molecule has 2 rings (SSSR count). The number of ketones is 1.